The lowest BCUT2D eigenvalue weighted by Gasteiger charge is -2.11. The Labute approximate surface area is 120 Å². The van der Waals surface area contributed by atoms with Crippen molar-refractivity contribution in [1.29, 1.82) is 5.26 Å². The van der Waals surface area contributed by atoms with Gasteiger partial charge in [0.05, 0.1) is 36.7 Å². The average Bonchev–Trinajstić information content (AvgIpc) is 2.52. The zero-order valence-electron chi connectivity index (χ0n) is 11.2. The minimum Gasteiger partial charge on any atom is -0.495 e. The summed E-state index contributed by atoms with van der Waals surface area (Å²) in [6, 6.07) is 6.95. The molecule has 0 aliphatic rings. The second-order valence-electron chi connectivity index (χ2n) is 4.07. The average molecular weight is 284 g/mol. The molecule has 7 nitrogen and oxygen atoms in total. The summed E-state index contributed by atoms with van der Waals surface area (Å²) in [4.78, 5) is 18.7. The summed E-state index contributed by atoms with van der Waals surface area (Å²) in [6.45, 7) is 0.201. The molecule has 0 atom stereocenters. The van der Waals surface area contributed by atoms with Gasteiger partial charge in [0.15, 0.2) is 0 Å². The lowest BCUT2D eigenvalue weighted by Crippen LogP contribution is -2.10. The van der Waals surface area contributed by atoms with E-state index in [2.05, 4.69) is 15.3 Å². The van der Waals surface area contributed by atoms with Crippen molar-refractivity contribution in [1.82, 2.24) is 9.97 Å². The lowest BCUT2D eigenvalue weighted by molar-refractivity contribution is 0.0694. The van der Waals surface area contributed by atoms with Gasteiger partial charge >= 0.3 is 5.97 Å². The fourth-order valence-electron chi connectivity index (χ4n) is 1.76. The zero-order valence-corrected chi connectivity index (χ0v) is 11.2. The molecule has 0 aliphatic heterocycles. The number of hydrogen-bond donors (Lipinski definition) is 2. The minimum absolute atomic E-state index is 0.0395. The largest absolute Gasteiger partial charge is 0.495 e. The third-order valence-electron chi connectivity index (χ3n) is 2.80. The number of carboxylic acid groups (broad SMARTS) is 1. The summed E-state index contributed by atoms with van der Waals surface area (Å²) < 4.78 is 5.19. The molecule has 2 rings (SSSR count). The highest BCUT2D eigenvalue weighted by Crippen LogP contribution is 2.25. The lowest BCUT2D eigenvalue weighted by atomic mass is 10.2. The van der Waals surface area contributed by atoms with Crippen LogP contribution < -0.4 is 10.1 Å². The fraction of sp³-hybridized carbons (Fsp3) is 0.143. The predicted octanol–water partition coefficient (Wildman–Crippen LogP) is 1.67. The van der Waals surface area contributed by atoms with Crippen molar-refractivity contribution in [3.63, 3.8) is 0 Å². The van der Waals surface area contributed by atoms with Gasteiger partial charge in [-0.3, -0.25) is 0 Å². The number of carboxylic acids is 1. The Morgan fingerprint density at radius 2 is 2.33 bits per heavy atom. The smallest absolute Gasteiger partial charge is 0.339 e. The van der Waals surface area contributed by atoms with Crippen LogP contribution >= 0.6 is 0 Å². The highest BCUT2D eigenvalue weighted by atomic mass is 16.5. The van der Waals surface area contributed by atoms with E-state index in [0.29, 0.717) is 22.7 Å². The van der Waals surface area contributed by atoms with Crippen LogP contribution in [0, 0.1) is 11.3 Å². The van der Waals surface area contributed by atoms with E-state index in [-0.39, 0.29) is 12.1 Å². The van der Waals surface area contributed by atoms with Gasteiger partial charge in [0.1, 0.15) is 17.6 Å². The van der Waals surface area contributed by atoms with Crippen LogP contribution in [0.25, 0.3) is 0 Å². The number of hydrogen-bond acceptors (Lipinski definition) is 6. The number of anilines is 1. The second-order valence-corrected chi connectivity index (χ2v) is 4.07. The molecule has 0 saturated heterocycles. The van der Waals surface area contributed by atoms with Crippen molar-refractivity contribution in [2.75, 3.05) is 12.4 Å². The molecular weight excluding hydrogens is 272 g/mol. The third kappa shape index (κ3) is 3.25. The molecule has 0 unspecified atom stereocenters. The maximum Gasteiger partial charge on any atom is 0.339 e. The molecule has 0 radical (unpaired) electrons. The number of methoxy groups -OCH3 is 1. The topological polar surface area (TPSA) is 108 Å². The Hall–Kier alpha value is -3.14. The first kappa shape index (κ1) is 14.3. The van der Waals surface area contributed by atoms with Crippen LogP contribution in [-0.2, 0) is 6.54 Å². The second kappa shape index (κ2) is 6.34. The number of rotatable bonds is 5. The molecule has 0 spiro atoms. The molecular formula is C14H12N4O3. The summed E-state index contributed by atoms with van der Waals surface area (Å²) in [6.07, 6.45) is 2.54. The first-order valence-corrected chi connectivity index (χ1v) is 6.00. The molecule has 21 heavy (non-hydrogen) atoms. The minimum atomic E-state index is -1.08. The number of nitrogens with one attached hydrogen (secondary N) is 1. The van der Waals surface area contributed by atoms with E-state index in [1.54, 1.807) is 18.2 Å². The van der Waals surface area contributed by atoms with Gasteiger partial charge in [0.25, 0.3) is 0 Å². The first-order valence-electron chi connectivity index (χ1n) is 6.00. The molecule has 0 saturated carbocycles. The van der Waals surface area contributed by atoms with Crippen molar-refractivity contribution in [2.24, 2.45) is 0 Å². The van der Waals surface area contributed by atoms with E-state index >= 15 is 0 Å². The summed E-state index contributed by atoms with van der Waals surface area (Å²) in [5.41, 5.74) is 1.53. The normalized spacial score (nSPS) is 9.71. The van der Waals surface area contributed by atoms with Crippen molar-refractivity contribution in [3.8, 4) is 11.8 Å². The van der Waals surface area contributed by atoms with Gasteiger partial charge in [-0.25, -0.2) is 14.8 Å². The quantitative estimate of drug-likeness (QED) is 0.859. The van der Waals surface area contributed by atoms with Crippen molar-refractivity contribution in [3.05, 3.63) is 47.5 Å². The Kier molecular flexibility index (Phi) is 4.31. The molecule has 106 valence electrons. The summed E-state index contributed by atoms with van der Waals surface area (Å²) in [5.74, 6) is -0.584. The van der Waals surface area contributed by atoms with E-state index in [4.69, 9.17) is 15.1 Å². The molecule has 1 aromatic carbocycles. The molecule has 7 heteroatoms. The number of benzene rings is 1. The summed E-state index contributed by atoms with van der Waals surface area (Å²) in [5, 5.41) is 20.9. The molecule has 0 amide bonds. The summed E-state index contributed by atoms with van der Waals surface area (Å²) in [7, 11) is 1.50. The Morgan fingerprint density at radius 1 is 1.52 bits per heavy atom. The number of carbonyl (C=O) groups is 1. The molecule has 2 N–H and O–H groups in total. The van der Waals surface area contributed by atoms with Crippen LogP contribution in [0.15, 0.2) is 30.7 Å². The van der Waals surface area contributed by atoms with E-state index in [1.807, 2.05) is 6.07 Å². The van der Waals surface area contributed by atoms with E-state index in [9.17, 15) is 4.79 Å². The van der Waals surface area contributed by atoms with Gasteiger partial charge in [-0.2, -0.15) is 5.26 Å². The van der Waals surface area contributed by atoms with Crippen LogP contribution in [0.2, 0.25) is 0 Å². The number of aromatic carboxylic acids is 1. The van der Waals surface area contributed by atoms with Crippen molar-refractivity contribution < 1.29 is 14.6 Å². The SMILES string of the molecule is COc1cc(C#N)ccc1NCc1ncncc1C(=O)O. The molecule has 0 fully saturated rings. The number of ether oxygens (including phenoxy) is 1. The van der Waals surface area contributed by atoms with Crippen LogP contribution in [0.5, 0.6) is 5.75 Å². The number of aromatic nitrogens is 2. The highest BCUT2D eigenvalue weighted by molar-refractivity contribution is 5.88. The van der Waals surface area contributed by atoms with Gasteiger partial charge < -0.3 is 15.2 Å². The van der Waals surface area contributed by atoms with Gasteiger partial charge in [-0.1, -0.05) is 0 Å². The molecule has 1 heterocycles. The Morgan fingerprint density at radius 3 is 3.00 bits per heavy atom. The number of nitrogens with zero attached hydrogens (tertiary/aromatic N) is 3. The predicted molar refractivity (Wildman–Crippen MR) is 74.0 cm³/mol. The van der Waals surface area contributed by atoms with Gasteiger partial charge in [-0.05, 0) is 12.1 Å². The maximum absolute atomic E-state index is 11.1. The van der Waals surface area contributed by atoms with Crippen LogP contribution in [0.1, 0.15) is 21.6 Å². The standard InChI is InChI=1S/C14H12N4O3/c1-21-13-4-9(5-15)2-3-11(13)17-7-12-10(14(19)20)6-16-8-18-12/h2-4,6,8,17H,7H2,1H3,(H,19,20). The summed E-state index contributed by atoms with van der Waals surface area (Å²) >= 11 is 0. The van der Waals surface area contributed by atoms with Crippen LogP contribution in [0.4, 0.5) is 5.69 Å². The van der Waals surface area contributed by atoms with Crippen LogP contribution in [-0.4, -0.2) is 28.2 Å². The van der Waals surface area contributed by atoms with E-state index in [0.717, 1.165) is 0 Å². The van der Waals surface area contributed by atoms with Crippen molar-refractivity contribution >= 4 is 11.7 Å². The molecule has 0 bridgehead atoms. The zero-order chi connectivity index (χ0) is 15.2. The van der Waals surface area contributed by atoms with Crippen LogP contribution in [0.3, 0.4) is 0 Å². The molecule has 1 aromatic heterocycles. The van der Waals surface area contributed by atoms with E-state index < -0.39 is 5.97 Å². The number of nitriles is 1. The molecule has 0 aliphatic carbocycles. The maximum atomic E-state index is 11.1. The first-order chi connectivity index (χ1) is 10.2. The highest BCUT2D eigenvalue weighted by Gasteiger charge is 2.12. The van der Waals surface area contributed by atoms with E-state index in [1.165, 1.54) is 19.6 Å². The van der Waals surface area contributed by atoms with Gasteiger partial charge in [0, 0.05) is 12.3 Å². The van der Waals surface area contributed by atoms with Crippen molar-refractivity contribution in [2.45, 2.75) is 6.54 Å². The fourth-order valence-corrected chi connectivity index (χ4v) is 1.76. The Bertz CT molecular complexity index is 710. The van der Waals surface area contributed by atoms with Gasteiger partial charge in [-0.15, -0.1) is 0 Å². The monoisotopic (exact) mass is 284 g/mol. The third-order valence-corrected chi connectivity index (χ3v) is 2.80. The van der Waals surface area contributed by atoms with Gasteiger partial charge in [0.2, 0.25) is 0 Å². The Balaban J connectivity index is 2.21. The molecule has 2 aromatic rings.